The van der Waals surface area contributed by atoms with E-state index in [0.29, 0.717) is 18.3 Å². The van der Waals surface area contributed by atoms with Gasteiger partial charge in [-0.05, 0) is 12.1 Å². The summed E-state index contributed by atoms with van der Waals surface area (Å²) in [6, 6.07) is 5.45. The number of hydrogen-bond donors (Lipinski definition) is 2. The predicted octanol–water partition coefficient (Wildman–Crippen LogP) is 2.35. The molecule has 0 aliphatic carbocycles. The molecule has 0 aromatic heterocycles. The van der Waals surface area contributed by atoms with E-state index in [4.69, 9.17) is 15.2 Å². The van der Waals surface area contributed by atoms with Crippen LogP contribution in [0.1, 0.15) is 0 Å². The molecule has 110 valence electrons. The molecular weight excluding hydrogens is 274 g/mol. The first-order valence-electron chi connectivity index (χ1n) is 6.19. The van der Waals surface area contributed by atoms with Gasteiger partial charge in [-0.3, -0.25) is 4.99 Å². The number of nitrogens with one attached hydrogen (secondary N) is 1. The van der Waals surface area contributed by atoms with E-state index in [2.05, 4.69) is 16.9 Å². The summed E-state index contributed by atoms with van der Waals surface area (Å²) in [7, 11) is 3.21. The Morgan fingerprint density at radius 2 is 2.25 bits per heavy atom. The van der Waals surface area contributed by atoms with Crippen LogP contribution in [-0.4, -0.2) is 38.2 Å². The second-order valence-electron chi connectivity index (χ2n) is 3.82. The Labute approximate surface area is 124 Å². The number of nitrogens with zero attached hydrogens (tertiary/aromatic N) is 1. The molecule has 5 nitrogen and oxygen atoms in total. The van der Waals surface area contributed by atoms with Crippen LogP contribution < -0.4 is 20.5 Å². The van der Waals surface area contributed by atoms with E-state index in [1.807, 2.05) is 24.3 Å². The molecule has 6 heteroatoms. The van der Waals surface area contributed by atoms with E-state index in [1.165, 1.54) is 0 Å². The Balaban J connectivity index is 2.61. The van der Waals surface area contributed by atoms with Gasteiger partial charge >= 0.3 is 0 Å². The Kier molecular flexibility index (Phi) is 7.42. The lowest BCUT2D eigenvalue weighted by Crippen LogP contribution is -2.23. The van der Waals surface area contributed by atoms with Crippen molar-refractivity contribution < 1.29 is 9.47 Å². The minimum Gasteiger partial charge on any atom is -0.497 e. The highest BCUT2D eigenvalue weighted by Gasteiger charge is 2.05. The third-order valence-corrected chi connectivity index (χ3v) is 3.37. The van der Waals surface area contributed by atoms with E-state index in [9.17, 15) is 0 Å². The fraction of sp³-hybridized carbons (Fsp3) is 0.357. The number of anilines is 1. The van der Waals surface area contributed by atoms with Crippen LogP contribution in [0.2, 0.25) is 0 Å². The summed E-state index contributed by atoms with van der Waals surface area (Å²) in [6.45, 7) is 4.32. The van der Waals surface area contributed by atoms with Crippen molar-refractivity contribution in [2.24, 2.45) is 10.7 Å². The number of hydrogen-bond acceptors (Lipinski definition) is 4. The molecule has 0 fully saturated rings. The maximum absolute atomic E-state index is 5.85. The Morgan fingerprint density at radius 1 is 1.45 bits per heavy atom. The quantitative estimate of drug-likeness (QED) is 0.333. The summed E-state index contributed by atoms with van der Waals surface area (Å²) >= 11 is 1.76. The molecule has 1 aromatic carbocycles. The van der Waals surface area contributed by atoms with E-state index in [1.54, 1.807) is 26.0 Å². The summed E-state index contributed by atoms with van der Waals surface area (Å²) in [5, 5.41) is 3.02. The van der Waals surface area contributed by atoms with Gasteiger partial charge < -0.3 is 20.5 Å². The first-order valence-corrected chi connectivity index (χ1v) is 7.34. The number of aliphatic imine (C=N–C) groups is 1. The van der Waals surface area contributed by atoms with Gasteiger partial charge in [0.2, 0.25) is 0 Å². The SMILES string of the molecule is C=CCSCCN=C(N)Nc1cc(OC)ccc1OC. The van der Waals surface area contributed by atoms with Crippen LogP contribution in [0, 0.1) is 0 Å². The lowest BCUT2D eigenvalue weighted by molar-refractivity contribution is 0.405. The summed E-state index contributed by atoms with van der Waals surface area (Å²) in [5.41, 5.74) is 6.58. The highest BCUT2D eigenvalue weighted by molar-refractivity contribution is 7.99. The van der Waals surface area contributed by atoms with Gasteiger partial charge in [0.15, 0.2) is 5.96 Å². The average molecular weight is 295 g/mol. The normalized spacial score (nSPS) is 11.0. The largest absolute Gasteiger partial charge is 0.497 e. The van der Waals surface area contributed by atoms with Gasteiger partial charge in [0, 0.05) is 17.6 Å². The van der Waals surface area contributed by atoms with Crippen LogP contribution in [0.5, 0.6) is 11.5 Å². The first kappa shape index (κ1) is 16.2. The van der Waals surface area contributed by atoms with Crippen molar-refractivity contribution >= 4 is 23.4 Å². The highest BCUT2D eigenvalue weighted by Crippen LogP contribution is 2.28. The van der Waals surface area contributed by atoms with Crippen molar-refractivity contribution in [1.82, 2.24) is 0 Å². The first-order chi connectivity index (χ1) is 9.71. The number of nitrogens with two attached hydrogens (primary N) is 1. The topological polar surface area (TPSA) is 68.9 Å². The monoisotopic (exact) mass is 295 g/mol. The fourth-order valence-electron chi connectivity index (χ4n) is 1.49. The Morgan fingerprint density at radius 3 is 2.90 bits per heavy atom. The van der Waals surface area contributed by atoms with Gasteiger partial charge in [-0.2, -0.15) is 11.8 Å². The van der Waals surface area contributed by atoms with Crippen LogP contribution >= 0.6 is 11.8 Å². The van der Waals surface area contributed by atoms with Gasteiger partial charge in [0.25, 0.3) is 0 Å². The van der Waals surface area contributed by atoms with Crippen molar-refractivity contribution in [3.8, 4) is 11.5 Å². The number of methoxy groups -OCH3 is 2. The standard InChI is InChI=1S/C14H21N3O2S/c1-4-8-20-9-7-16-14(15)17-12-10-11(18-2)5-6-13(12)19-3/h4-6,10H,1,7-9H2,2-3H3,(H3,15,16,17). The lowest BCUT2D eigenvalue weighted by Gasteiger charge is -2.12. The van der Waals surface area contributed by atoms with Crippen molar-refractivity contribution in [2.45, 2.75) is 0 Å². The molecule has 0 aliphatic heterocycles. The van der Waals surface area contributed by atoms with Gasteiger partial charge in [-0.25, -0.2) is 0 Å². The number of guanidine groups is 1. The van der Waals surface area contributed by atoms with Crippen molar-refractivity contribution in [3.05, 3.63) is 30.9 Å². The van der Waals surface area contributed by atoms with Gasteiger partial charge in [0.1, 0.15) is 11.5 Å². The number of ether oxygens (including phenoxy) is 2. The molecule has 1 aromatic rings. The fourth-order valence-corrected chi connectivity index (χ4v) is 2.04. The second kappa shape index (κ2) is 9.14. The third kappa shape index (κ3) is 5.44. The molecule has 0 unspecified atom stereocenters. The molecule has 0 bridgehead atoms. The molecule has 0 radical (unpaired) electrons. The maximum Gasteiger partial charge on any atom is 0.193 e. The van der Waals surface area contributed by atoms with Crippen molar-refractivity contribution in [1.29, 1.82) is 0 Å². The zero-order chi connectivity index (χ0) is 14.8. The van der Waals surface area contributed by atoms with Crippen molar-refractivity contribution in [3.63, 3.8) is 0 Å². The van der Waals surface area contributed by atoms with Gasteiger partial charge in [-0.1, -0.05) is 6.08 Å². The summed E-state index contributed by atoms with van der Waals surface area (Å²) in [5.74, 6) is 3.60. The van der Waals surface area contributed by atoms with Crippen LogP contribution in [-0.2, 0) is 0 Å². The summed E-state index contributed by atoms with van der Waals surface area (Å²) in [6.07, 6.45) is 1.87. The molecule has 0 atom stereocenters. The molecule has 0 saturated carbocycles. The average Bonchev–Trinajstić information content (AvgIpc) is 2.47. The highest BCUT2D eigenvalue weighted by atomic mass is 32.2. The predicted molar refractivity (Wildman–Crippen MR) is 87.2 cm³/mol. The van der Waals surface area contributed by atoms with E-state index < -0.39 is 0 Å². The summed E-state index contributed by atoms with van der Waals surface area (Å²) < 4.78 is 10.4. The van der Waals surface area contributed by atoms with E-state index >= 15 is 0 Å². The molecule has 0 spiro atoms. The molecule has 0 heterocycles. The van der Waals surface area contributed by atoms with Crippen LogP contribution in [0.15, 0.2) is 35.8 Å². The molecule has 20 heavy (non-hydrogen) atoms. The molecule has 0 saturated heterocycles. The van der Waals surface area contributed by atoms with Gasteiger partial charge in [-0.15, -0.1) is 6.58 Å². The Hall–Kier alpha value is -1.82. The lowest BCUT2D eigenvalue weighted by atomic mass is 10.2. The van der Waals surface area contributed by atoms with E-state index in [-0.39, 0.29) is 0 Å². The number of rotatable bonds is 8. The second-order valence-corrected chi connectivity index (χ2v) is 4.97. The van der Waals surface area contributed by atoms with Crippen LogP contribution in [0.3, 0.4) is 0 Å². The number of benzene rings is 1. The number of thioether (sulfide) groups is 1. The smallest absolute Gasteiger partial charge is 0.193 e. The van der Waals surface area contributed by atoms with Gasteiger partial charge in [0.05, 0.1) is 26.5 Å². The molecule has 1 rings (SSSR count). The molecule has 0 aliphatic rings. The van der Waals surface area contributed by atoms with Crippen LogP contribution in [0.25, 0.3) is 0 Å². The maximum atomic E-state index is 5.85. The zero-order valence-electron chi connectivity index (χ0n) is 11.9. The van der Waals surface area contributed by atoms with Crippen molar-refractivity contribution in [2.75, 3.05) is 37.6 Å². The molecular formula is C14H21N3O2S. The minimum atomic E-state index is 0.357. The molecule has 3 N–H and O–H groups in total. The minimum absolute atomic E-state index is 0.357. The van der Waals surface area contributed by atoms with E-state index in [0.717, 1.165) is 22.9 Å². The van der Waals surface area contributed by atoms with Crippen LogP contribution in [0.4, 0.5) is 5.69 Å². The third-order valence-electron chi connectivity index (χ3n) is 2.42. The molecule has 0 amide bonds. The summed E-state index contributed by atoms with van der Waals surface area (Å²) in [4.78, 5) is 4.25. The zero-order valence-corrected chi connectivity index (χ0v) is 12.7. The Bertz CT molecular complexity index is 464.